The van der Waals surface area contributed by atoms with E-state index in [2.05, 4.69) is 0 Å². The Morgan fingerprint density at radius 3 is 2.29 bits per heavy atom. The zero-order valence-electron chi connectivity index (χ0n) is 19.8. The largest absolute Gasteiger partial charge is 0.294 e. The van der Waals surface area contributed by atoms with E-state index in [0.717, 1.165) is 6.26 Å². The number of amides is 1. The normalized spacial score (nSPS) is 20.7. The van der Waals surface area contributed by atoms with Gasteiger partial charge in [-0.2, -0.15) is 0 Å². The molecule has 0 N–H and O–H groups in total. The number of carbonyl (C=O) groups is 2. The highest BCUT2D eigenvalue weighted by molar-refractivity contribution is 7.91. The van der Waals surface area contributed by atoms with Gasteiger partial charge in [0, 0.05) is 18.2 Å². The Balaban J connectivity index is 1.67. The smallest absolute Gasteiger partial charge is 0.241 e. The van der Waals surface area contributed by atoms with Crippen molar-refractivity contribution >= 4 is 42.7 Å². The molecule has 0 atom stereocenters. The van der Waals surface area contributed by atoms with Crippen molar-refractivity contribution in [2.24, 2.45) is 5.41 Å². The van der Waals surface area contributed by atoms with Gasteiger partial charge in [0.1, 0.15) is 9.84 Å². The van der Waals surface area contributed by atoms with Crippen LogP contribution in [0.5, 0.6) is 0 Å². The highest BCUT2D eigenvalue weighted by atomic mass is 32.2. The second-order valence-electron chi connectivity index (χ2n) is 10.3. The number of sulfone groups is 2. The van der Waals surface area contributed by atoms with E-state index in [1.165, 1.54) is 17.0 Å². The predicted octanol–water partition coefficient (Wildman–Crippen LogP) is 3.83. The first-order chi connectivity index (χ1) is 15.6. The van der Waals surface area contributed by atoms with Gasteiger partial charge >= 0.3 is 0 Å². The fraction of sp³-hybridized carbons (Fsp3) is 0.440. The molecule has 0 aromatic heterocycles. The molecular formula is C25H29NO6S2. The van der Waals surface area contributed by atoms with Crippen LogP contribution in [0.2, 0.25) is 0 Å². The summed E-state index contributed by atoms with van der Waals surface area (Å²) in [5.74, 6) is -0.0823. The van der Waals surface area contributed by atoms with Gasteiger partial charge in [-0.3, -0.25) is 14.5 Å². The van der Waals surface area contributed by atoms with Crippen molar-refractivity contribution in [3.63, 3.8) is 0 Å². The van der Waals surface area contributed by atoms with Gasteiger partial charge in [-0.15, -0.1) is 0 Å². The van der Waals surface area contributed by atoms with Crippen molar-refractivity contribution in [2.45, 2.75) is 50.3 Å². The third-order valence-corrected chi connectivity index (χ3v) is 9.86. The molecule has 182 valence electrons. The van der Waals surface area contributed by atoms with Crippen molar-refractivity contribution in [1.29, 1.82) is 0 Å². The van der Waals surface area contributed by atoms with Gasteiger partial charge in [-0.05, 0) is 74.1 Å². The number of fused-ring (bicyclic) bond motifs is 1. The summed E-state index contributed by atoms with van der Waals surface area (Å²) in [5.41, 5.74) is 0.980. The molecular weight excluding hydrogens is 474 g/mol. The van der Waals surface area contributed by atoms with Crippen molar-refractivity contribution in [1.82, 2.24) is 0 Å². The highest BCUT2D eigenvalue weighted by Gasteiger charge is 2.45. The number of anilines is 2. The summed E-state index contributed by atoms with van der Waals surface area (Å²) < 4.78 is 47.6. The monoisotopic (exact) mass is 503 g/mol. The molecule has 4 rings (SSSR count). The van der Waals surface area contributed by atoms with E-state index in [1.54, 1.807) is 44.2 Å². The number of hydrogen-bond acceptors (Lipinski definition) is 6. The van der Waals surface area contributed by atoms with Crippen LogP contribution in [-0.4, -0.2) is 46.3 Å². The summed E-state index contributed by atoms with van der Waals surface area (Å²) >= 11 is 0. The van der Waals surface area contributed by atoms with Crippen LogP contribution >= 0.6 is 0 Å². The van der Waals surface area contributed by atoms with Crippen LogP contribution in [0.15, 0.2) is 47.4 Å². The second kappa shape index (κ2) is 8.02. The Kier molecular flexibility index (Phi) is 5.80. The van der Waals surface area contributed by atoms with Gasteiger partial charge in [-0.25, -0.2) is 16.8 Å². The van der Waals surface area contributed by atoms with E-state index in [0.29, 0.717) is 35.3 Å². The Labute approximate surface area is 201 Å². The molecule has 1 fully saturated rings. The van der Waals surface area contributed by atoms with Crippen LogP contribution in [-0.2, 0) is 29.9 Å². The van der Waals surface area contributed by atoms with Crippen LogP contribution < -0.4 is 4.90 Å². The predicted molar refractivity (Wildman–Crippen MR) is 131 cm³/mol. The molecule has 0 radical (unpaired) electrons. The number of benzene rings is 2. The minimum absolute atomic E-state index is 0.0784. The standard InChI is InChI=1S/C25H29NO6S2/c1-24(2)20-14-17(22(27)16-25(3)10-12-34(31,32)13-11-25)8-9-21(20)26(23(24)28)18-6-5-7-19(15-18)33(4,29)30/h5-9,14-15H,10-13,16H2,1-4H3. The van der Waals surface area contributed by atoms with Crippen molar-refractivity contribution in [3.8, 4) is 0 Å². The maximum Gasteiger partial charge on any atom is 0.241 e. The summed E-state index contributed by atoms with van der Waals surface area (Å²) in [4.78, 5) is 28.2. The van der Waals surface area contributed by atoms with Crippen molar-refractivity contribution in [3.05, 3.63) is 53.6 Å². The molecule has 0 saturated carbocycles. The number of ketones is 1. The number of nitrogens with zero attached hydrogens (tertiary/aromatic N) is 1. The first kappa shape index (κ1) is 24.6. The molecule has 2 aromatic carbocycles. The Bertz CT molecular complexity index is 1390. The van der Waals surface area contributed by atoms with Gasteiger partial charge in [0.05, 0.1) is 33.2 Å². The molecule has 0 bridgehead atoms. The van der Waals surface area contributed by atoms with Gasteiger partial charge in [-0.1, -0.05) is 13.0 Å². The molecule has 9 heteroatoms. The third kappa shape index (κ3) is 4.43. The quantitative estimate of drug-likeness (QED) is 0.574. The SMILES string of the molecule is CC1(CC(=O)c2ccc3c(c2)C(C)(C)C(=O)N3c2cccc(S(C)(=O)=O)c2)CCS(=O)(=O)CC1. The van der Waals surface area contributed by atoms with Gasteiger partial charge in [0.15, 0.2) is 15.6 Å². The van der Waals surface area contributed by atoms with E-state index in [1.807, 2.05) is 6.92 Å². The Morgan fingerprint density at radius 1 is 1.03 bits per heavy atom. The molecule has 1 saturated heterocycles. The van der Waals surface area contributed by atoms with Gasteiger partial charge in [0.25, 0.3) is 0 Å². The lowest BCUT2D eigenvalue weighted by Crippen LogP contribution is -2.33. The summed E-state index contributed by atoms with van der Waals surface area (Å²) in [6.45, 7) is 5.53. The minimum atomic E-state index is -3.44. The molecule has 1 amide bonds. The zero-order chi connectivity index (χ0) is 25.1. The summed E-state index contributed by atoms with van der Waals surface area (Å²) in [5, 5.41) is 0. The first-order valence-electron chi connectivity index (χ1n) is 11.2. The molecule has 2 aliphatic rings. The summed E-state index contributed by atoms with van der Waals surface area (Å²) in [6, 6.07) is 11.4. The Hall–Kier alpha value is -2.52. The fourth-order valence-corrected chi connectivity index (χ4v) is 7.19. The minimum Gasteiger partial charge on any atom is -0.294 e. The van der Waals surface area contributed by atoms with Crippen molar-refractivity contribution < 1.29 is 26.4 Å². The van der Waals surface area contributed by atoms with E-state index < -0.39 is 25.1 Å². The summed E-state index contributed by atoms with van der Waals surface area (Å²) in [6.07, 6.45) is 2.28. The number of hydrogen-bond donors (Lipinski definition) is 0. The van der Waals surface area contributed by atoms with Gasteiger partial charge < -0.3 is 0 Å². The second-order valence-corrected chi connectivity index (χ2v) is 14.6. The fourth-order valence-electron chi connectivity index (χ4n) is 4.72. The van der Waals surface area contributed by atoms with E-state index >= 15 is 0 Å². The molecule has 34 heavy (non-hydrogen) atoms. The topological polar surface area (TPSA) is 106 Å². The Morgan fingerprint density at radius 2 is 1.68 bits per heavy atom. The molecule has 0 spiro atoms. The lowest BCUT2D eigenvalue weighted by atomic mass is 9.78. The van der Waals surface area contributed by atoms with Crippen LogP contribution in [0.3, 0.4) is 0 Å². The molecule has 7 nitrogen and oxygen atoms in total. The molecule has 2 heterocycles. The van der Waals surface area contributed by atoms with E-state index in [9.17, 15) is 26.4 Å². The van der Waals surface area contributed by atoms with Crippen LogP contribution in [0, 0.1) is 5.41 Å². The molecule has 2 aromatic rings. The van der Waals surface area contributed by atoms with Crippen molar-refractivity contribution in [2.75, 3.05) is 22.7 Å². The number of carbonyl (C=O) groups excluding carboxylic acids is 2. The zero-order valence-corrected chi connectivity index (χ0v) is 21.4. The average Bonchev–Trinajstić information content (AvgIpc) is 2.95. The lowest BCUT2D eigenvalue weighted by Gasteiger charge is -2.32. The third-order valence-electron chi connectivity index (χ3n) is 7.10. The van der Waals surface area contributed by atoms with Gasteiger partial charge in [0.2, 0.25) is 5.91 Å². The number of rotatable bonds is 5. The van der Waals surface area contributed by atoms with Crippen LogP contribution in [0.25, 0.3) is 0 Å². The molecule has 0 unspecified atom stereocenters. The van der Waals surface area contributed by atoms with Crippen LogP contribution in [0.1, 0.15) is 56.0 Å². The molecule has 0 aliphatic carbocycles. The van der Waals surface area contributed by atoms with Crippen LogP contribution in [0.4, 0.5) is 11.4 Å². The lowest BCUT2D eigenvalue weighted by molar-refractivity contribution is -0.121. The molecule has 2 aliphatic heterocycles. The maximum atomic E-state index is 13.4. The highest BCUT2D eigenvalue weighted by Crippen LogP contribution is 2.46. The first-order valence-corrected chi connectivity index (χ1v) is 14.9. The summed E-state index contributed by atoms with van der Waals surface area (Å²) in [7, 11) is -6.46. The maximum absolute atomic E-state index is 13.4. The average molecular weight is 504 g/mol. The van der Waals surface area contributed by atoms with E-state index in [4.69, 9.17) is 0 Å². The van der Waals surface area contributed by atoms with E-state index in [-0.39, 0.29) is 39.9 Å². The number of Topliss-reactive ketones (excluding diaryl/α,β-unsaturated/α-hetero) is 1.